The molecule has 0 unspecified atom stereocenters. The molecule has 1 saturated heterocycles. The fourth-order valence-corrected chi connectivity index (χ4v) is 3.84. The number of methoxy groups -OCH3 is 1. The minimum atomic E-state index is 0.0791. The first-order chi connectivity index (χ1) is 12.7. The summed E-state index contributed by atoms with van der Waals surface area (Å²) in [6.45, 7) is 2.00. The summed E-state index contributed by atoms with van der Waals surface area (Å²) in [5, 5.41) is 0. The number of carbonyl (C=O) groups is 1. The van der Waals surface area contributed by atoms with Crippen molar-refractivity contribution in [2.75, 3.05) is 25.2 Å². The van der Waals surface area contributed by atoms with Gasteiger partial charge >= 0.3 is 0 Å². The van der Waals surface area contributed by atoms with Crippen LogP contribution in [-0.2, 0) is 16.1 Å². The van der Waals surface area contributed by atoms with Crippen LogP contribution in [0.4, 0.5) is 5.69 Å². The molecular formula is C20H20BrN3O2. The summed E-state index contributed by atoms with van der Waals surface area (Å²) in [6.07, 6.45) is 0.479. The molecule has 1 aromatic heterocycles. The highest BCUT2D eigenvalue weighted by molar-refractivity contribution is 9.10. The minimum absolute atomic E-state index is 0.0791. The van der Waals surface area contributed by atoms with Crippen LogP contribution in [-0.4, -0.2) is 35.7 Å². The quantitative estimate of drug-likeness (QED) is 0.635. The molecule has 0 spiro atoms. The van der Waals surface area contributed by atoms with E-state index < -0.39 is 0 Å². The zero-order valence-corrected chi connectivity index (χ0v) is 16.1. The Morgan fingerprint density at radius 3 is 2.73 bits per heavy atom. The summed E-state index contributed by atoms with van der Waals surface area (Å²) < 4.78 is 8.48. The average molecular weight is 414 g/mol. The lowest BCUT2D eigenvalue weighted by Gasteiger charge is -2.17. The standard InChI is InChI=1S/C20H20BrN3O2/c1-26-11-10-23-18-5-3-2-4-17(18)22-20(23)14-12-19(25)24(13-14)16-8-6-15(21)7-9-16/h2-9,14H,10-13H2,1H3/t14-/m0/s1. The Bertz CT molecular complexity index is 936. The van der Waals surface area contributed by atoms with E-state index in [1.165, 1.54) is 0 Å². The van der Waals surface area contributed by atoms with Gasteiger partial charge in [-0.1, -0.05) is 28.1 Å². The molecule has 2 heterocycles. The number of hydrogen-bond acceptors (Lipinski definition) is 3. The number of fused-ring (bicyclic) bond motifs is 1. The van der Waals surface area contributed by atoms with E-state index in [-0.39, 0.29) is 11.8 Å². The van der Waals surface area contributed by atoms with Gasteiger partial charge in [0.2, 0.25) is 5.91 Å². The highest BCUT2D eigenvalue weighted by Crippen LogP contribution is 2.33. The summed E-state index contributed by atoms with van der Waals surface area (Å²) >= 11 is 3.44. The van der Waals surface area contributed by atoms with Gasteiger partial charge in [0.05, 0.1) is 17.6 Å². The molecule has 1 amide bonds. The van der Waals surface area contributed by atoms with Crippen LogP contribution < -0.4 is 4.90 Å². The second-order valence-corrected chi connectivity index (χ2v) is 7.40. The molecule has 1 atom stereocenters. The first-order valence-corrected chi connectivity index (χ1v) is 9.46. The molecule has 5 nitrogen and oxygen atoms in total. The van der Waals surface area contributed by atoms with E-state index in [1.54, 1.807) is 7.11 Å². The van der Waals surface area contributed by atoms with Gasteiger partial charge in [-0.2, -0.15) is 0 Å². The molecule has 4 rings (SSSR count). The Labute approximate surface area is 160 Å². The topological polar surface area (TPSA) is 47.4 Å². The van der Waals surface area contributed by atoms with E-state index in [0.29, 0.717) is 19.6 Å². The molecule has 1 aliphatic rings. The second kappa shape index (κ2) is 7.21. The van der Waals surface area contributed by atoms with Crippen molar-refractivity contribution in [2.24, 2.45) is 0 Å². The van der Waals surface area contributed by atoms with Gasteiger partial charge in [0.15, 0.2) is 0 Å². The van der Waals surface area contributed by atoms with Crippen molar-refractivity contribution in [3.8, 4) is 0 Å². The first kappa shape index (κ1) is 17.2. The van der Waals surface area contributed by atoms with E-state index in [2.05, 4.69) is 26.6 Å². The lowest BCUT2D eigenvalue weighted by atomic mass is 10.1. The Hall–Kier alpha value is -2.18. The first-order valence-electron chi connectivity index (χ1n) is 8.67. The summed E-state index contributed by atoms with van der Waals surface area (Å²) in [5.41, 5.74) is 2.99. The summed E-state index contributed by atoms with van der Waals surface area (Å²) in [4.78, 5) is 19.3. The molecule has 3 aromatic rings. The maximum atomic E-state index is 12.6. The highest BCUT2D eigenvalue weighted by Gasteiger charge is 2.34. The molecule has 0 bridgehead atoms. The molecule has 1 fully saturated rings. The van der Waals surface area contributed by atoms with Crippen molar-refractivity contribution in [3.63, 3.8) is 0 Å². The Morgan fingerprint density at radius 1 is 1.19 bits per heavy atom. The molecule has 0 N–H and O–H groups in total. The van der Waals surface area contributed by atoms with Crippen LogP contribution >= 0.6 is 15.9 Å². The maximum Gasteiger partial charge on any atom is 0.227 e. The van der Waals surface area contributed by atoms with Crippen LogP contribution in [0.5, 0.6) is 0 Å². The van der Waals surface area contributed by atoms with Crippen molar-refractivity contribution in [3.05, 3.63) is 58.8 Å². The number of halogens is 1. The Balaban J connectivity index is 1.67. The number of carbonyl (C=O) groups excluding carboxylic acids is 1. The summed E-state index contributed by atoms with van der Waals surface area (Å²) in [5.74, 6) is 1.19. The van der Waals surface area contributed by atoms with Crippen LogP contribution in [0.1, 0.15) is 18.2 Å². The van der Waals surface area contributed by atoms with Crippen molar-refractivity contribution < 1.29 is 9.53 Å². The smallest absolute Gasteiger partial charge is 0.227 e. The van der Waals surface area contributed by atoms with Crippen LogP contribution in [0.25, 0.3) is 11.0 Å². The number of rotatable bonds is 5. The van der Waals surface area contributed by atoms with Gasteiger partial charge in [0.25, 0.3) is 0 Å². The molecule has 0 aliphatic carbocycles. The van der Waals surface area contributed by atoms with Crippen molar-refractivity contribution in [1.29, 1.82) is 0 Å². The van der Waals surface area contributed by atoms with Gasteiger partial charge in [-0.25, -0.2) is 4.98 Å². The van der Waals surface area contributed by atoms with E-state index in [4.69, 9.17) is 9.72 Å². The highest BCUT2D eigenvalue weighted by atomic mass is 79.9. The average Bonchev–Trinajstić information content (AvgIpc) is 3.21. The predicted octanol–water partition coefficient (Wildman–Crippen LogP) is 3.97. The van der Waals surface area contributed by atoms with Crippen molar-refractivity contribution in [1.82, 2.24) is 9.55 Å². The van der Waals surface area contributed by atoms with Crippen LogP contribution in [0.2, 0.25) is 0 Å². The predicted molar refractivity (Wildman–Crippen MR) is 105 cm³/mol. The number of hydrogen-bond donors (Lipinski definition) is 0. The van der Waals surface area contributed by atoms with Gasteiger partial charge in [0, 0.05) is 42.7 Å². The fourth-order valence-electron chi connectivity index (χ4n) is 3.57. The number of benzene rings is 2. The van der Waals surface area contributed by atoms with Gasteiger partial charge < -0.3 is 14.2 Å². The largest absolute Gasteiger partial charge is 0.383 e. The van der Waals surface area contributed by atoms with Gasteiger partial charge in [0.1, 0.15) is 5.82 Å². The van der Waals surface area contributed by atoms with Crippen LogP contribution in [0, 0.1) is 0 Å². The van der Waals surface area contributed by atoms with Crippen molar-refractivity contribution in [2.45, 2.75) is 18.9 Å². The third kappa shape index (κ3) is 3.15. The normalized spacial score (nSPS) is 17.4. The number of nitrogens with zero attached hydrogens (tertiary/aromatic N) is 3. The monoisotopic (exact) mass is 413 g/mol. The lowest BCUT2D eigenvalue weighted by molar-refractivity contribution is -0.117. The van der Waals surface area contributed by atoms with Gasteiger partial charge in [-0.05, 0) is 36.4 Å². The lowest BCUT2D eigenvalue weighted by Crippen LogP contribution is -2.24. The fraction of sp³-hybridized carbons (Fsp3) is 0.300. The zero-order valence-electron chi connectivity index (χ0n) is 14.6. The number of para-hydroxylation sites is 2. The SMILES string of the molecule is COCCn1c([C@H]2CC(=O)N(c3ccc(Br)cc3)C2)nc2ccccc21. The third-order valence-corrected chi connectivity index (χ3v) is 5.36. The third-order valence-electron chi connectivity index (χ3n) is 4.83. The number of aromatic nitrogens is 2. The molecule has 6 heteroatoms. The number of anilines is 1. The molecule has 26 heavy (non-hydrogen) atoms. The Kier molecular flexibility index (Phi) is 4.78. The van der Waals surface area contributed by atoms with Crippen LogP contribution in [0.15, 0.2) is 53.0 Å². The van der Waals surface area contributed by atoms with Gasteiger partial charge in [-0.3, -0.25) is 4.79 Å². The molecule has 0 radical (unpaired) electrons. The van der Waals surface area contributed by atoms with E-state index in [1.807, 2.05) is 47.4 Å². The number of ether oxygens (including phenoxy) is 1. The van der Waals surface area contributed by atoms with E-state index in [0.717, 1.165) is 33.6 Å². The summed E-state index contributed by atoms with van der Waals surface area (Å²) in [6, 6.07) is 16.0. The van der Waals surface area contributed by atoms with E-state index >= 15 is 0 Å². The van der Waals surface area contributed by atoms with E-state index in [9.17, 15) is 4.79 Å². The molecular weight excluding hydrogens is 394 g/mol. The number of amides is 1. The maximum absolute atomic E-state index is 12.6. The molecule has 134 valence electrons. The molecule has 1 aliphatic heterocycles. The zero-order chi connectivity index (χ0) is 18.1. The van der Waals surface area contributed by atoms with Gasteiger partial charge in [-0.15, -0.1) is 0 Å². The summed E-state index contributed by atoms with van der Waals surface area (Å²) in [7, 11) is 1.70. The van der Waals surface area contributed by atoms with Crippen molar-refractivity contribution >= 4 is 38.6 Å². The molecule has 0 saturated carbocycles. The molecule has 2 aromatic carbocycles. The minimum Gasteiger partial charge on any atom is -0.383 e. The van der Waals surface area contributed by atoms with Crippen LogP contribution in [0.3, 0.4) is 0 Å². The second-order valence-electron chi connectivity index (χ2n) is 6.48. The Morgan fingerprint density at radius 2 is 1.96 bits per heavy atom. The number of imidazole rings is 1.